The van der Waals surface area contributed by atoms with Gasteiger partial charge in [-0.3, -0.25) is 4.90 Å². The van der Waals surface area contributed by atoms with Crippen molar-refractivity contribution in [1.29, 1.82) is 0 Å². The molecular weight excluding hydrogens is 236 g/mol. The third-order valence-corrected chi connectivity index (χ3v) is 3.45. The molecule has 0 fully saturated rings. The molecule has 0 aliphatic carbocycles. The highest BCUT2D eigenvalue weighted by atomic mass is 16.5. The zero-order chi connectivity index (χ0) is 14.3. The maximum absolute atomic E-state index is 5.18. The zero-order valence-electron chi connectivity index (χ0n) is 12.9. The number of benzene rings is 1. The number of nitrogens with one attached hydrogen (secondary N) is 1. The fourth-order valence-electron chi connectivity index (χ4n) is 2.13. The van der Waals surface area contributed by atoms with Crippen molar-refractivity contribution in [2.45, 2.75) is 45.8 Å². The summed E-state index contributed by atoms with van der Waals surface area (Å²) in [5.41, 5.74) is 1.33. The van der Waals surface area contributed by atoms with Crippen molar-refractivity contribution in [3.05, 3.63) is 29.8 Å². The van der Waals surface area contributed by atoms with Gasteiger partial charge in [0, 0.05) is 25.2 Å². The van der Waals surface area contributed by atoms with E-state index >= 15 is 0 Å². The Hall–Kier alpha value is -1.06. The number of methoxy groups -OCH3 is 1. The summed E-state index contributed by atoms with van der Waals surface area (Å²) in [7, 11) is 3.90. The summed E-state index contributed by atoms with van der Waals surface area (Å²) in [6, 6.07) is 9.44. The number of hydrogen-bond donors (Lipinski definition) is 1. The van der Waals surface area contributed by atoms with E-state index in [1.54, 1.807) is 7.11 Å². The van der Waals surface area contributed by atoms with E-state index in [1.807, 2.05) is 12.1 Å². The molecule has 0 spiro atoms. The maximum atomic E-state index is 5.18. The van der Waals surface area contributed by atoms with Crippen LogP contribution in [0.2, 0.25) is 0 Å². The number of nitrogens with zero attached hydrogens (tertiary/aromatic N) is 1. The van der Waals surface area contributed by atoms with Crippen molar-refractivity contribution < 1.29 is 4.74 Å². The molecular formula is C16H28N2O. The molecule has 0 bridgehead atoms. The summed E-state index contributed by atoms with van der Waals surface area (Å²) in [5.74, 6) is 0.917. The van der Waals surface area contributed by atoms with Crippen molar-refractivity contribution in [3.8, 4) is 5.75 Å². The van der Waals surface area contributed by atoms with E-state index in [4.69, 9.17) is 4.74 Å². The van der Waals surface area contributed by atoms with Crippen LogP contribution in [0.5, 0.6) is 5.75 Å². The summed E-state index contributed by atoms with van der Waals surface area (Å²) in [6.07, 6.45) is 1.16. The average Bonchev–Trinajstić information content (AvgIpc) is 2.40. The van der Waals surface area contributed by atoms with Gasteiger partial charge in [-0.05, 0) is 31.2 Å². The first-order valence-corrected chi connectivity index (χ1v) is 7.13. The van der Waals surface area contributed by atoms with Crippen LogP contribution in [0.25, 0.3) is 0 Å². The minimum Gasteiger partial charge on any atom is -0.497 e. The molecule has 0 saturated carbocycles. The number of ether oxygens (including phenoxy) is 1. The van der Waals surface area contributed by atoms with Crippen LogP contribution in [0.3, 0.4) is 0 Å². The second kappa shape index (κ2) is 8.18. The van der Waals surface area contributed by atoms with Crippen LogP contribution in [0.4, 0.5) is 0 Å². The minimum absolute atomic E-state index is 0.545. The fourth-order valence-corrected chi connectivity index (χ4v) is 2.13. The minimum atomic E-state index is 0.545. The first-order valence-electron chi connectivity index (χ1n) is 7.13. The summed E-state index contributed by atoms with van der Waals surface area (Å²) in [6.45, 7) is 8.65. The summed E-state index contributed by atoms with van der Waals surface area (Å²) < 4.78 is 5.18. The standard InChI is InChI=1S/C16H28N2O/c1-6-15(11-17-13(2)3)18(4)12-14-7-9-16(19-5)10-8-14/h7-10,13,15,17H,6,11-12H2,1-5H3. The van der Waals surface area contributed by atoms with Gasteiger partial charge in [0.15, 0.2) is 0 Å². The van der Waals surface area contributed by atoms with E-state index in [-0.39, 0.29) is 0 Å². The van der Waals surface area contributed by atoms with E-state index in [0.29, 0.717) is 12.1 Å². The van der Waals surface area contributed by atoms with Crippen LogP contribution in [-0.2, 0) is 6.54 Å². The van der Waals surface area contributed by atoms with E-state index < -0.39 is 0 Å². The Morgan fingerprint density at radius 3 is 2.32 bits per heavy atom. The maximum Gasteiger partial charge on any atom is 0.118 e. The second-order valence-electron chi connectivity index (χ2n) is 5.39. The predicted molar refractivity (Wildman–Crippen MR) is 81.7 cm³/mol. The third-order valence-electron chi connectivity index (χ3n) is 3.45. The van der Waals surface area contributed by atoms with Crippen LogP contribution >= 0.6 is 0 Å². The van der Waals surface area contributed by atoms with Crippen LogP contribution in [-0.4, -0.2) is 37.7 Å². The predicted octanol–water partition coefficient (Wildman–Crippen LogP) is 2.90. The SMILES string of the molecule is CCC(CNC(C)C)N(C)Cc1ccc(OC)cc1. The normalized spacial score (nSPS) is 13.0. The van der Waals surface area contributed by atoms with Crippen molar-refractivity contribution in [2.75, 3.05) is 20.7 Å². The van der Waals surface area contributed by atoms with Crippen molar-refractivity contribution in [3.63, 3.8) is 0 Å². The van der Waals surface area contributed by atoms with Crippen molar-refractivity contribution in [2.24, 2.45) is 0 Å². The molecule has 0 radical (unpaired) electrons. The van der Waals surface area contributed by atoms with Crippen molar-refractivity contribution in [1.82, 2.24) is 10.2 Å². The highest BCUT2D eigenvalue weighted by Crippen LogP contribution is 2.14. The van der Waals surface area contributed by atoms with Gasteiger partial charge in [0.05, 0.1) is 7.11 Å². The second-order valence-corrected chi connectivity index (χ2v) is 5.39. The lowest BCUT2D eigenvalue weighted by Crippen LogP contribution is -2.41. The van der Waals surface area contributed by atoms with Crippen LogP contribution < -0.4 is 10.1 Å². The van der Waals surface area contributed by atoms with E-state index in [2.05, 4.69) is 50.2 Å². The van der Waals surface area contributed by atoms with Gasteiger partial charge in [-0.15, -0.1) is 0 Å². The molecule has 1 aromatic rings. The quantitative estimate of drug-likeness (QED) is 0.781. The van der Waals surface area contributed by atoms with Crippen molar-refractivity contribution >= 4 is 0 Å². The Balaban J connectivity index is 2.52. The monoisotopic (exact) mass is 264 g/mol. The Bertz CT molecular complexity index is 348. The molecule has 0 aliphatic rings. The molecule has 0 aliphatic heterocycles. The largest absolute Gasteiger partial charge is 0.497 e. The molecule has 3 heteroatoms. The summed E-state index contributed by atoms with van der Waals surface area (Å²) >= 11 is 0. The van der Waals surface area contributed by atoms with E-state index in [9.17, 15) is 0 Å². The Morgan fingerprint density at radius 1 is 1.21 bits per heavy atom. The third kappa shape index (κ3) is 5.62. The lowest BCUT2D eigenvalue weighted by Gasteiger charge is -2.28. The molecule has 0 saturated heterocycles. The van der Waals surface area contributed by atoms with Gasteiger partial charge >= 0.3 is 0 Å². The topological polar surface area (TPSA) is 24.5 Å². The molecule has 1 N–H and O–H groups in total. The zero-order valence-corrected chi connectivity index (χ0v) is 12.9. The smallest absolute Gasteiger partial charge is 0.118 e. The Kier molecular flexibility index (Phi) is 6.89. The molecule has 1 aromatic carbocycles. The summed E-state index contributed by atoms with van der Waals surface area (Å²) in [4.78, 5) is 2.41. The van der Waals surface area contributed by atoms with Crippen LogP contribution in [0.15, 0.2) is 24.3 Å². The molecule has 0 heterocycles. The van der Waals surface area contributed by atoms with E-state index in [0.717, 1.165) is 25.3 Å². The lowest BCUT2D eigenvalue weighted by molar-refractivity contribution is 0.218. The molecule has 0 aromatic heterocycles. The molecule has 108 valence electrons. The first kappa shape index (κ1) is 16.0. The Labute approximate surface area is 118 Å². The Morgan fingerprint density at radius 2 is 1.84 bits per heavy atom. The first-order chi connectivity index (χ1) is 9.06. The number of likely N-dealkylation sites (N-methyl/N-ethyl adjacent to an activating group) is 1. The molecule has 1 rings (SSSR count). The van der Waals surface area contributed by atoms with Crippen LogP contribution in [0, 0.1) is 0 Å². The highest BCUT2D eigenvalue weighted by Gasteiger charge is 2.13. The van der Waals surface area contributed by atoms with Gasteiger partial charge in [-0.1, -0.05) is 32.9 Å². The molecule has 19 heavy (non-hydrogen) atoms. The lowest BCUT2D eigenvalue weighted by atomic mass is 10.1. The molecule has 3 nitrogen and oxygen atoms in total. The molecule has 1 atom stereocenters. The van der Waals surface area contributed by atoms with Gasteiger partial charge < -0.3 is 10.1 Å². The highest BCUT2D eigenvalue weighted by molar-refractivity contribution is 5.27. The van der Waals surface area contributed by atoms with Gasteiger partial charge in [0.25, 0.3) is 0 Å². The fraction of sp³-hybridized carbons (Fsp3) is 0.625. The van der Waals surface area contributed by atoms with Gasteiger partial charge in [0.1, 0.15) is 5.75 Å². The molecule has 1 unspecified atom stereocenters. The summed E-state index contributed by atoms with van der Waals surface area (Å²) in [5, 5.41) is 3.52. The number of hydrogen-bond acceptors (Lipinski definition) is 3. The van der Waals surface area contributed by atoms with E-state index in [1.165, 1.54) is 5.56 Å². The van der Waals surface area contributed by atoms with Crippen LogP contribution in [0.1, 0.15) is 32.8 Å². The average molecular weight is 264 g/mol. The van der Waals surface area contributed by atoms with Gasteiger partial charge in [0.2, 0.25) is 0 Å². The molecule has 0 amide bonds. The van der Waals surface area contributed by atoms with Gasteiger partial charge in [-0.2, -0.15) is 0 Å². The van der Waals surface area contributed by atoms with Gasteiger partial charge in [-0.25, -0.2) is 0 Å². The number of rotatable bonds is 8.